The van der Waals surface area contributed by atoms with Crippen LogP contribution in [0, 0.1) is 0 Å². The van der Waals surface area contributed by atoms with Gasteiger partial charge in [0.1, 0.15) is 6.54 Å². The van der Waals surface area contributed by atoms with Gasteiger partial charge < -0.3 is 26.4 Å². The maximum Gasteiger partial charge on any atom is 0.414 e. The zero-order valence-corrected chi connectivity index (χ0v) is 8.34. The summed E-state index contributed by atoms with van der Waals surface area (Å²) in [5.74, 6) is -5.18. The van der Waals surface area contributed by atoms with E-state index in [0.717, 1.165) is 0 Å². The summed E-state index contributed by atoms with van der Waals surface area (Å²) in [5, 5.41) is 25.0. The SMILES string of the molecule is C[C@H](N)C(=O)NCC(=O)O.O=C(O)C(=O)O. The molecule has 1 atom stereocenters. The summed E-state index contributed by atoms with van der Waals surface area (Å²) >= 11 is 0. The Balaban J connectivity index is 0. The van der Waals surface area contributed by atoms with E-state index in [1.165, 1.54) is 6.92 Å². The van der Waals surface area contributed by atoms with E-state index < -0.39 is 29.9 Å². The van der Waals surface area contributed by atoms with Crippen LogP contribution in [0.3, 0.4) is 0 Å². The lowest BCUT2D eigenvalue weighted by Crippen LogP contribution is -2.40. The summed E-state index contributed by atoms with van der Waals surface area (Å²) in [5.41, 5.74) is 5.12. The Bertz CT molecular complexity index is 274. The number of nitrogens with two attached hydrogens (primary N) is 1. The van der Waals surface area contributed by atoms with E-state index in [1.807, 2.05) is 0 Å². The topological polar surface area (TPSA) is 167 Å². The van der Waals surface area contributed by atoms with E-state index in [4.69, 9.17) is 30.6 Å². The largest absolute Gasteiger partial charge is 0.480 e. The quantitative estimate of drug-likeness (QED) is 0.340. The maximum absolute atomic E-state index is 10.5. The minimum Gasteiger partial charge on any atom is -0.480 e. The number of nitrogens with one attached hydrogen (secondary N) is 1. The highest BCUT2D eigenvalue weighted by Gasteiger charge is 2.07. The zero-order chi connectivity index (χ0) is 13.3. The summed E-state index contributed by atoms with van der Waals surface area (Å²) < 4.78 is 0. The number of hydrogen-bond acceptors (Lipinski definition) is 5. The molecule has 0 rings (SSSR count). The predicted molar refractivity (Wildman–Crippen MR) is 49.6 cm³/mol. The third-order valence-corrected chi connectivity index (χ3v) is 1.01. The number of aliphatic carboxylic acids is 3. The van der Waals surface area contributed by atoms with Crippen LogP contribution in [0.4, 0.5) is 0 Å². The molecule has 16 heavy (non-hydrogen) atoms. The van der Waals surface area contributed by atoms with Gasteiger partial charge in [-0.1, -0.05) is 0 Å². The molecular weight excluding hydrogens is 224 g/mol. The lowest BCUT2D eigenvalue weighted by atomic mass is 10.3. The fraction of sp³-hybridized carbons (Fsp3) is 0.429. The van der Waals surface area contributed by atoms with Gasteiger partial charge in [0.2, 0.25) is 5.91 Å². The van der Waals surface area contributed by atoms with E-state index in [-0.39, 0.29) is 6.54 Å². The lowest BCUT2D eigenvalue weighted by Gasteiger charge is -2.03. The van der Waals surface area contributed by atoms with Crippen molar-refractivity contribution >= 4 is 23.8 Å². The highest BCUT2D eigenvalue weighted by atomic mass is 16.4. The fourth-order valence-electron chi connectivity index (χ4n) is 0.324. The summed E-state index contributed by atoms with van der Waals surface area (Å²) in [4.78, 5) is 38.6. The van der Waals surface area contributed by atoms with Gasteiger partial charge in [0.05, 0.1) is 6.04 Å². The Morgan fingerprint density at radius 3 is 1.69 bits per heavy atom. The fourth-order valence-corrected chi connectivity index (χ4v) is 0.324. The first-order valence-electron chi connectivity index (χ1n) is 3.89. The molecule has 0 radical (unpaired) electrons. The number of amides is 1. The van der Waals surface area contributed by atoms with Crippen LogP contribution in [0.1, 0.15) is 6.92 Å². The molecule has 0 heterocycles. The number of hydrogen-bond donors (Lipinski definition) is 5. The van der Waals surface area contributed by atoms with Gasteiger partial charge in [-0.2, -0.15) is 0 Å². The van der Waals surface area contributed by atoms with Gasteiger partial charge in [0.25, 0.3) is 0 Å². The van der Waals surface area contributed by atoms with Crippen LogP contribution < -0.4 is 11.1 Å². The molecule has 0 aliphatic heterocycles. The van der Waals surface area contributed by atoms with Crippen LogP contribution >= 0.6 is 0 Å². The van der Waals surface area contributed by atoms with Gasteiger partial charge in [-0.15, -0.1) is 0 Å². The molecule has 0 aromatic rings. The Morgan fingerprint density at radius 2 is 1.50 bits per heavy atom. The van der Waals surface area contributed by atoms with Crippen molar-refractivity contribution in [1.29, 1.82) is 0 Å². The van der Waals surface area contributed by atoms with E-state index in [9.17, 15) is 9.59 Å². The molecule has 0 aliphatic carbocycles. The molecule has 0 fully saturated rings. The Morgan fingerprint density at radius 1 is 1.12 bits per heavy atom. The highest BCUT2D eigenvalue weighted by molar-refractivity contribution is 6.27. The van der Waals surface area contributed by atoms with Crippen molar-refractivity contribution in [3.63, 3.8) is 0 Å². The van der Waals surface area contributed by atoms with Crippen LogP contribution in [0.25, 0.3) is 0 Å². The summed E-state index contributed by atoms with van der Waals surface area (Å²) in [6.07, 6.45) is 0. The molecule has 0 unspecified atom stereocenters. The zero-order valence-electron chi connectivity index (χ0n) is 8.34. The molecule has 0 bridgehead atoms. The van der Waals surface area contributed by atoms with Gasteiger partial charge in [-0.05, 0) is 6.92 Å². The van der Waals surface area contributed by atoms with Gasteiger partial charge in [-0.25, -0.2) is 9.59 Å². The first-order chi connectivity index (χ1) is 7.18. The van der Waals surface area contributed by atoms with Crippen molar-refractivity contribution in [2.24, 2.45) is 5.73 Å². The van der Waals surface area contributed by atoms with Gasteiger partial charge in [0, 0.05) is 0 Å². The molecule has 0 spiro atoms. The molecule has 0 aliphatic rings. The first-order valence-corrected chi connectivity index (χ1v) is 3.89. The van der Waals surface area contributed by atoms with Gasteiger partial charge >= 0.3 is 17.9 Å². The molecule has 1 amide bonds. The van der Waals surface area contributed by atoms with Crippen LogP contribution in [0.2, 0.25) is 0 Å². The molecule has 9 heteroatoms. The Labute approximate surface area is 89.9 Å². The standard InChI is InChI=1S/C5H10N2O3.C2H2O4/c1-3(6)5(10)7-2-4(8)9;3-1(4)2(5)6/h3H,2,6H2,1H3,(H,7,10)(H,8,9);(H,3,4)(H,5,6)/t3-;/m0./s1. The molecule has 6 N–H and O–H groups in total. The number of carboxylic acid groups (broad SMARTS) is 3. The molecule has 0 aromatic carbocycles. The maximum atomic E-state index is 10.5. The Kier molecular flexibility index (Phi) is 8.31. The molecule has 0 aromatic heterocycles. The monoisotopic (exact) mass is 236 g/mol. The summed E-state index contributed by atoms with van der Waals surface area (Å²) in [7, 11) is 0. The van der Waals surface area contributed by atoms with E-state index in [2.05, 4.69) is 5.32 Å². The normalized spacial score (nSPS) is 10.4. The van der Waals surface area contributed by atoms with E-state index >= 15 is 0 Å². The number of carboxylic acids is 3. The Hall–Kier alpha value is -2.16. The summed E-state index contributed by atoms with van der Waals surface area (Å²) in [6.45, 7) is 1.11. The van der Waals surface area contributed by atoms with Crippen LogP contribution in [0.5, 0.6) is 0 Å². The van der Waals surface area contributed by atoms with Crippen LogP contribution in [0.15, 0.2) is 0 Å². The van der Waals surface area contributed by atoms with Crippen LogP contribution in [-0.2, 0) is 19.2 Å². The van der Waals surface area contributed by atoms with Crippen molar-refractivity contribution in [2.75, 3.05) is 6.54 Å². The molecular formula is C7H12N2O7. The summed E-state index contributed by atoms with van der Waals surface area (Å²) in [6, 6.07) is -0.653. The molecule has 0 saturated carbocycles. The third-order valence-electron chi connectivity index (χ3n) is 1.01. The minimum absolute atomic E-state index is 0.375. The second-order valence-corrected chi connectivity index (χ2v) is 2.51. The molecule has 92 valence electrons. The minimum atomic E-state index is -1.82. The average molecular weight is 236 g/mol. The molecule has 0 saturated heterocycles. The van der Waals surface area contributed by atoms with Crippen molar-refractivity contribution in [3.8, 4) is 0 Å². The highest BCUT2D eigenvalue weighted by Crippen LogP contribution is 1.73. The van der Waals surface area contributed by atoms with Crippen molar-refractivity contribution in [3.05, 3.63) is 0 Å². The predicted octanol–water partition coefficient (Wildman–Crippen LogP) is -2.31. The number of rotatable bonds is 3. The lowest BCUT2D eigenvalue weighted by molar-refractivity contribution is -0.159. The van der Waals surface area contributed by atoms with E-state index in [1.54, 1.807) is 0 Å². The average Bonchev–Trinajstić information content (AvgIpc) is 2.14. The number of carbonyl (C=O) groups excluding carboxylic acids is 1. The first kappa shape index (κ1) is 16.3. The van der Waals surface area contributed by atoms with Gasteiger partial charge in [0.15, 0.2) is 0 Å². The van der Waals surface area contributed by atoms with E-state index in [0.29, 0.717) is 0 Å². The van der Waals surface area contributed by atoms with Crippen LogP contribution in [-0.4, -0.2) is 51.7 Å². The third kappa shape index (κ3) is 11.8. The second kappa shape index (κ2) is 8.17. The molecule has 9 nitrogen and oxygen atoms in total. The smallest absolute Gasteiger partial charge is 0.414 e. The van der Waals surface area contributed by atoms with Crippen molar-refractivity contribution < 1.29 is 34.5 Å². The van der Waals surface area contributed by atoms with Crippen molar-refractivity contribution in [2.45, 2.75) is 13.0 Å². The second-order valence-electron chi connectivity index (χ2n) is 2.51. The van der Waals surface area contributed by atoms with Gasteiger partial charge in [-0.3, -0.25) is 9.59 Å². The number of carbonyl (C=O) groups is 4. The van der Waals surface area contributed by atoms with Crippen molar-refractivity contribution in [1.82, 2.24) is 5.32 Å².